The Morgan fingerprint density at radius 3 is 3.10 bits per heavy atom. The van der Waals surface area contributed by atoms with Crippen LogP contribution in [0.25, 0.3) is 0 Å². The van der Waals surface area contributed by atoms with E-state index in [9.17, 15) is 9.90 Å². The van der Waals surface area contributed by atoms with Crippen LogP contribution in [0.15, 0.2) is 12.4 Å². The van der Waals surface area contributed by atoms with Gasteiger partial charge in [0.15, 0.2) is 5.13 Å². The fourth-order valence-corrected chi connectivity index (χ4v) is 3.36. The molecule has 0 aromatic carbocycles. The van der Waals surface area contributed by atoms with E-state index in [-0.39, 0.29) is 0 Å². The van der Waals surface area contributed by atoms with Crippen LogP contribution >= 0.6 is 11.3 Å². The quantitative estimate of drug-likeness (QED) is 0.933. The van der Waals surface area contributed by atoms with Gasteiger partial charge in [-0.05, 0) is 6.42 Å². The number of carbonyl (C=O) groups is 1. The molecule has 0 fully saturated rings. The monoisotopic (exact) mass is 292 g/mol. The second-order valence-electron chi connectivity index (χ2n) is 4.79. The minimum Gasteiger partial charge on any atom is -0.477 e. The van der Waals surface area contributed by atoms with Gasteiger partial charge >= 0.3 is 5.97 Å². The average Bonchev–Trinajstić information content (AvgIpc) is 3.04. The number of carboxylic acids is 1. The van der Waals surface area contributed by atoms with Crippen LogP contribution in [0, 0.1) is 0 Å². The van der Waals surface area contributed by atoms with Crippen LogP contribution in [-0.4, -0.2) is 32.2 Å². The molecule has 2 aromatic rings. The maximum absolute atomic E-state index is 11.3. The second-order valence-corrected chi connectivity index (χ2v) is 5.76. The zero-order valence-corrected chi connectivity index (χ0v) is 12.1. The predicted molar refractivity (Wildman–Crippen MR) is 76.3 cm³/mol. The number of thiazole rings is 1. The SMILES string of the molecule is CCCc1nc(N2CCn3ccnc3C2)sc1C(=O)O. The van der Waals surface area contributed by atoms with Crippen LogP contribution in [0.5, 0.6) is 0 Å². The molecular formula is C13H16N4O2S. The van der Waals surface area contributed by atoms with Crippen molar-refractivity contribution in [3.8, 4) is 0 Å². The Hall–Kier alpha value is -1.89. The van der Waals surface area contributed by atoms with Crippen LogP contribution in [-0.2, 0) is 19.5 Å². The molecule has 0 radical (unpaired) electrons. The third-order valence-corrected chi connectivity index (χ3v) is 4.53. The molecule has 1 aliphatic heterocycles. The summed E-state index contributed by atoms with van der Waals surface area (Å²) in [6.45, 7) is 4.41. The summed E-state index contributed by atoms with van der Waals surface area (Å²) in [5.74, 6) is 0.121. The third kappa shape index (κ3) is 2.29. The van der Waals surface area contributed by atoms with Crippen LogP contribution in [0.4, 0.5) is 5.13 Å². The molecule has 0 saturated heterocycles. The molecule has 3 heterocycles. The number of hydrogen-bond donors (Lipinski definition) is 1. The first-order valence-electron chi connectivity index (χ1n) is 6.67. The Balaban J connectivity index is 1.88. The molecule has 0 unspecified atom stereocenters. The zero-order chi connectivity index (χ0) is 14.1. The molecule has 0 aliphatic carbocycles. The average molecular weight is 292 g/mol. The van der Waals surface area contributed by atoms with Crippen LogP contribution in [0.2, 0.25) is 0 Å². The molecule has 0 amide bonds. The minimum absolute atomic E-state index is 0.371. The number of nitrogens with zero attached hydrogens (tertiary/aromatic N) is 4. The molecule has 0 bridgehead atoms. The van der Waals surface area contributed by atoms with E-state index in [1.807, 2.05) is 13.1 Å². The van der Waals surface area contributed by atoms with Crippen LogP contribution < -0.4 is 4.90 Å². The van der Waals surface area contributed by atoms with Crippen LogP contribution in [0.3, 0.4) is 0 Å². The van der Waals surface area contributed by atoms with Gasteiger partial charge in [-0.25, -0.2) is 14.8 Å². The molecule has 2 aromatic heterocycles. The highest BCUT2D eigenvalue weighted by Gasteiger charge is 2.23. The van der Waals surface area contributed by atoms with Gasteiger partial charge in [0.05, 0.1) is 12.2 Å². The van der Waals surface area contributed by atoms with E-state index in [0.29, 0.717) is 23.5 Å². The van der Waals surface area contributed by atoms with Gasteiger partial charge in [0.2, 0.25) is 0 Å². The number of aromatic carboxylic acids is 1. The molecule has 20 heavy (non-hydrogen) atoms. The Morgan fingerprint density at radius 1 is 1.50 bits per heavy atom. The molecule has 106 valence electrons. The standard InChI is InChI=1S/C13H16N4O2S/c1-2-3-9-11(12(18)19)20-13(15-9)17-7-6-16-5-4-14-10(16)8-17/h4-5H,2-3,6-8H2,1H3,(H,18,19). The predicted octanol–water partition coefficient (Wildman–Crippen LogP) is 2.01. The van der Waals surface area contributed by atoms with E-state index >= 15 is 0 Å². The second kappa shape index (κ2) is 5.24. The number of imidazole rings is 1. The summed E-state index contributed by atoms with van der Waals surface area (Å²) in [5, 5.41) is 10.1. The highest BCUT2D eigenvalue weighted by Crippen LogP contribution is 2.29. The largest absolute Gasteiger partial charge is 0.477 e. The molecule has 0 saturated carbocycles. The smallest absolute Gasteiger partial charge is 0.347 e. The van der Waals surface area contributed by atoms with Crippen LogP contribution in [0.1, 0.15) is 34.5 Å². The van der Waals surface area contributed by atoms with Gasteiger partial charge in [0.1, 0.15) is 10.7 Å². The van der Waals surface area contributed by atoms with Gasteiger partial charge in [0.25, 0.3) is 0 Å². The summed E-state index contributed by atoms with van der Waals surface area (Å²) < 4.78 is 2.12. The molecule has 0 spiro atoms. The van der Waals surface area contributed by atoms with Crippen molar-refractivity contribution in [3.05, 3.63) is 28.8 Å². The lowest BCUT2D eigenvalue weighted by Crippen LogP contribution is -2.33. The Bertz CT molecular complexity index is 634. The molecule has 3 rings (SSSR count). The maximum Gasteiger partial charge on any atom is 0.347 e. The number of aryl methyl sites for hydroxylation is 1. The molecular weight excluding hydrogens is 276 g/mol. The van der Waals surface area contributed by atoms with Crippen molar-refractivity contribution in [1.82, 2.24) is 14.5 Å². The lowest BCUT2D eigenvalue weighted by Gasteiger charge is -2.27. The van der Waals surface area contributed by atoms with Crippen molar-refractivity contribution in [3.63, 3.8) is 0 Å². The molecule has 1 aliphatic rings. The van der Waals surface area contributed by atoms with E-state index in [0.717, 1.165) is 30.5 Å². The number of hydrogen-bond acceptors (Lipinski definition) is 5. The number of carboxylic acid groups (broad SMARTS) is 1. The topological polar surface area (TPSA) is 71.2 Å². The van der Waals surface area contributed by atoms with Gasteiger partial charge in [0, 0.05) is 25.5 Å². The zero-order valence-electron chi connectivity index (χ0n) is 11.2. The number of fused-ring (bicyclic) bond motifs is 1. The highest BCUT2D eigenvalue weighted by atomic mass is 32.1. The summed E-state index contributed by atoms with van der Waals surface area (Å²) in [6, 6.07) is 0. The normalized spacial score (nSPS) is 14.3. The summed E-state index contributed by atoms with van der Waals surface area (Å²) in [6.07, 6.45) is 5.38. The first kappa shape index (κ1) is 13.1. The first-order valence-corrected chi connectivity index (χ1v) is 7.48. The number of aromatic nitrogens is 3. The molecule has 6 nitrogen and oxygen atoms in total. The Kier molecular flexibility index (Phi) is 3.43. The van der Waals surface area contributed by atoms with E-state index in [4.69, 9.17) is 0 Å². The summed E-state index contributed by atoms with van der Waals surface area (Å²) in [5.41, 5.74) is 0.703. The Morgan fingerprint density at radius 2 is 2.35 bits per heavy atom. The van der Waals surface area contributed by atoms with Crippen molar-refractivity contribution < 1.29 is 9.90 Å². The first-order chi connectivity index (χ1) is 9.69. The maximum atomic E-state index is 11.3. The van der Waals surface area contributed by atoms with Crippen molar-refractivity contribution in [1.29, 1.82) is 0 Å². The van der Waals surface area contributed by atoms with Crippen molar-refractivity contribution >= 4 is 22.4 Å². The fraction of sp³-hybridized carbons (Fsp3) is 0.462. The van der Waals surface area contributed by atoms with Crippen molar-refractivity contribution in [2.45, 2.75) is 32.9 Å². The van der Waals surface area contributed by atoms with E-state index in [1.54, 1.807) is 6.20 Å². The van der Waals surface area contributed by atoms with E-state index < -0.39 is 5.97 Å². The molecule has 1 N–H and O–H groups in total. The summed E-state index contributed by atoms with van der Waals surface area (Å²) in [4.78, 5) is 22.6. The highest BCUT2D eigenvalue weighted by molar-refractivity contribution is 7.17. The Labute approximate surface area is 120 Å². The fourth-order valence-electron chi connectivity index (χ4n) is 2.38. The summed E-state index contributed by atoms with van der Waals surface area (Å²) in [7, 11) is 0. The lowest BCUT2D eigenvalue weighted by atomic mass is 10.2. The minimum atomic E-state index is -0.879. The van der Waals surface area contributed by atoms with Gasteiger partial charge in [-0.3, -0.25) is 0 Å². The van der Waals surface area contributed by atoms with Crippen molar-refractivity contribution in [2.75, 3.05) is 11.4 Å². The molecule has 0 atom stereocenters. The van der Waals surface area contributed by atoms with Gasteiger partial charge in [-0.1, -0.05) is 24.7 Å². The van der Waals surface area contributed by atoms with Gasteiger partial charge < -0.3 is 14.6 Å². The van der Waals surface area contributed by atoms with Crippen molar-refractivity contribution in [2.24, 2.45) is 0 Å². The number of rotatable bonds is 4. The lowest BCUT2D eigenvalue weighted by molar-refractivity contribution is 0.0700. The third-order valence-electron chi connectivity index (χ3n) is 3.38. The van der Waals surface area contributed by atoms with Gasteiger partial charge in [-0.2, -0.15) is 0 Å². The van der Waals surface area contributed by atoms with Gasteiger partial charge in [-0.15, -0.1) is 0 Å². The van der Waals surface area contributed by atoms with E-state index in [1.165, 1.54) is 11.3 Å². The van der Waals surface area contributed by atoms with E-state index in [2.05, 4.69) is 19.4 Å². The number of anilines is 1. The molecule has 7 heteroatoms. The summed E-state index contributed by atoms with van der Waals surface area (Å²) >= 11 is 1.27.